The van der Waals surface area contributed by atoms with Gasteiger partial charge in [-0.1, -0.05) is 18.2 Å². The Kier molecular flexibility index (Phi) is 4.07. The van der Waals surface area contributed by atoms with Crippen LogP contribution in [-0.4, -0.2) is 14.8 Å². The molecule has 0 unspecified atom stereocenters. The zero-order valence-corrected chi connectivity index (χ0v) is 13.0. The molecule has 0 saturated carbocycles. The van der Waals surface area contributed by atoms with Crippen LogP contribution in [0, 0.1) is 25.2 Å². The lowest BCUT2D eigenvalue weighted by Crippen LogP contribution is -2.07. The summed E-state index contributed by atoms with van der Waals surface area (Å²) in [6, 6.07) is 15.7. The Labute approximate surface area is 134 Å². The first-order valence-electron chi connectivity index (χ1n) is 7.28. The van der Waals surface area contributed by atoms with Crippen molar-refractivity contribution < 1.29 is 4.74 Å². The minimum Gasteiger partial charge on any atom is -0.486 e. The number of hydrogen-bond acceptors (Lipinski definition) is 4. The minimum absolute atomic E-state index is 0.253. The monoisotopic (exact) mass is 304 g/mol. The van der Waals surface area contributed by atoms with Crippen LogP contribution < -0.4 is 4.74 Å². The van der Waals surface area contributed by atoms with Crippen LogP contribution in [0.25, 0.3) is 5.69 Å². The van der Waals surface area contributed by atoms with E-state index >= 15 is 0 Å². The van der Waals surface area contributed by atoms with E-state index in [0.717, 1.165) is 17.1 Å². The Morgan fingerprint density at radius 2 is 1.91 bits per heavy atom. The maximum atomic E-state index is 9.42. The maximum Gasteiger partial charge on any atom is 0.138 e. The molecule has 0 N–H and O–H groups in total. The summed E-state index contributed by atoms with van der Waals surface area (Å²) in [5, 5.41) is 13.9. The largest absolute Gasteiger partial charge is 0.486 e. The van der Waals surface area contributed by atoms with Crippen LogP contribution in [0.3, 0.4) is 0 Å². The Balaban J connectivity index is 1.94. The Morgan fingerprint density at radius 3 is 2.57 bits per heavy atom. The number of aryl methyl sites for hydroxylation is 2. The van der Waals surface area contributed by atoms with Crippen LogP contribution in [-0.2, 0) is 6.61 Å². The van der Waals surface area contributed by atoms with E-state index in [1.165, 1.54) is 0 Å². The van der Waals surface area contributed by atoms with Crippen molar-refractivity contribution in [3.05, 3.63) is 71.3 Å². The zero-order chi connectivity index (χ0) is 16.2. The van der Waals surface area contributed by atoms with Crippen LogP contribution in [0.4, 0.5) is 0 Å². The van der Waals surface area contributed by atoms with Crippen LogP contribution in [0.1, 0.15) is 22.6 Å². The lowest BCUT2D eigenvalue weighted by molar-refractivity contribution is 0.296. The lowest BCUT2D eigenvalue weighted by atomic mass is 10.2. The van der Waals surface area contributed by atoms with Gasteiger partial charge in [0.15, 0.2) is 0 Å². The Morgan fingerprint density at radius 1 is 1.13 bits per heavy atom. The van der Waals surface area contributed by atoms with E-state index < -0.39 is 0 Å². The van der Waals surface area contributed by atoms with Gasteiger partial charge in [-0.05, 0) is 38.1 Å². The molecule has 0 spiro atoms. The first kappa shape index (κ1) is 14.8. The van der Waals surface area contributed by atoms with Gasteiger partial charge in [0.25, 0.3) is 0 Å². The second-order valence-corrected chi connectivity index (χ2v) is 5.19. The number of para-hydroxylation sites is 1. The van der Waals surface area contributed by atoms with Gasteiger partial charge in [0.2, 0.25) is 0 Å². The molecule has 1 aromatic carbocycles. The summed E-state index contributed by atoms with van der Waals surface area (Å²) in [6.45, 7) is 4.00. The molecule has 23 heavy (non-hydrogen) atoms. The highest BCUT2D eigenvalue weighted by Crippen LogP contribution is 2.20. The summed E-state index contributed by atoms with van der Waals surface area (Å²) in [6.07, 6.45) is 1.68. The number of rotatable bonds is 4. The molecule has 0 saturated heterocycles. The molecule has 0 aliphatic heterocycles. The first-order chi connectivity index (χ1) is 11.2. The molecule has 0 fully saturated rings. The molecule has 0 bridgehead atoms. The number of hydrogen-bond donors (Lipinski definition) is 0. The molecule has 2 aromatic heterocycles. The van der Waals surface area contributed by atoms with Crippen LogP contribution in [0.5, 0.6) is 5.75 Å². The van der Waals surface area contributed by atoms with E-state index in [9.17, 15) is 5.26 Å². The van der Waals surface area contributed by atoms with Crippen molar-refractivity contribution in [2.75, 3.05) is 0 Å². The van der Waals surface area contributed by atoms with Crippen molar-refractivity contribution in [3.8, 4) is 17.5 Å². The van der Waals surface area contributed by atoms with Crippen LogP contribution in [0.15, 0.2) is 48.7 Å². The van der Waals surface area contributed by atoms with Crippen molar-refractivity contribution in [1.82, 2.24) is 14.8 Å². The fraction of sp³-hybridized carbons (Fsp3) is 0.167. The summed E-state index contributed by atoms with van der Waals surface area (Å²) < 4.78 is 7.55. The fourth-order valence-electron chi connectivity index (χ4n) is 2.33. The predicted octanol–water partition coefficient (Wildman–Crippen LogP) is 3.33. The van der Waals surface area contributed by atoms with Gasteiger partial charge in [0.1, 0.15) is 24.0 Å². The summed E-state index contributed by atoms with van der Waals surface area (Å²) in [5.74, 6) is 0.665. The SMILES string of the molecule is Cc1ccc(OCc2c(C#N)c(C)nn2-c2ccccc2)cn1. The number of nitrogens with zero attached hydrogens (tertiary/aromatic N) is 4. The molecule has 0 radical (unpaired) electrons. The third-order valence-electron chi connectivity index (χ3n) is 3.53. The molecule has 5 heteroatoms. The van der Waals surface area contributed by atoms with Crippen LogP contribution in [0.2, 0.25) is 0 Å². The van der Waals surface area contributed by atoms with E-state index in [1.54, 1.807) is 10.9 Å². The van der Waals surface area contributed by atoms with E-state index in [2.05, 4.69) is 16.2 Å². The lowest BCUT2D eigenvalue weighted by Gasteiger charge is -2.09. The van der Waals surface area contributed by atoms with Crippen molar-refractivity contribution in [1.29, 1.82) is 5.26 Å². The molecule has 0 atom stereocenters. The van der Waals surface area contributed by atoms with Crippen molar-refractivity contribution in [2.24, 2.45) is 0 Å². The molecule has 0 amide bonds. The number of pyridine rings is 1. The normalized spacial score (nSPS) is 10.3. The highest BCUT2D eigenvalue weighted by molar-refractivity contribution is 5.43. The molecule has 114 valence electrons. The summed E-state index contributed by atoms with van der Waals surface area (Å²) in [4.78, 5) is 4.21. The third-order valence-corrected chi connectivity index (χ3v) is 3.53. The molecule has 5 nitrogen and oxygen atoms in total. The molecular weight excluding hydrogens is 288 g/mol. The van der Waals surface area contributed by atoms with Gasteiger partial charge in [-0.25, -0.2) is 4.68 Å². The number of aromatic nitrogens is 3. The van der Waals surface area contributed by atoms with Gasteiger partial charge in [0, 0.05) is 5.69 Å². The van der Waals surface area contributed by atoms with Gasteiger partial charge >= 0.3 is 0 Å². The van der Waals surface area contributed by atoms with E-state index in [0.29, 0.717) is 17.0 Å². The highest BCUT2D eigenvalue weighted by Gasteiger charge is 2.16. The predicted molar refractivity (Wildman–Crippen MR) is 86.3 cm³/mol. The van der Waals surface area contributed by atoms with Crippen molar-refractivity contribution in [3.63, 3.8) is 0 Å². The Hall–Kier alpha value is -3.13. The number of nitriles is 1. The van der Waals surface area contributed by atoms with Gasteiger partial charge in [-0.2, -0.15) is 10.4 Å². The summed E-state index contributed by atoms with van der Waals surface area (Å²) in [5.41, 5.74) is 3.81. The second kappa shape index (κ2) is 6.32. The van der Waals surface area contributed by atoms with Gasteiger partial charge in [-0.15, -0.1) is 0 Å². The van der Waals surface area contributed by atoms with E-state index in [4.69, 9.17) is 4.74 Å². The van der Waals surface area contributed by atoms with Crippen LogP contribution >= 0.6 is 0 Å². The van der Waals surface area contributed by atoms with Crippen molar-refractivity contribution in [2.45, 2.75) is 20.5 Å². The molecular formula is C18H16N4O. The van der Waals surface area contributed by atoms with Gasteiger partial charge in [0.05, 0.1) is 23.3 Å². The average molecular weight is 304 g/mol. The standard InChI is InChI=1S/C18H16N4O/c1-13-8-9-16(11-20-13)23-12-18-17(10-19)14(2)21-22(18)15-6-4-3-5-7-15/h3-9,11H,12H2,1-2H3. The van der Waals surface area contributed by atoms with E-state index in [-0.39, 0.29) is 6.61 Å². The quantitative estimate of drug-likeness (QED) is 0.741. The fourth-order valence-corrected chi connectivity index (χ4v) is 2.33. The molecule has 3 aromatic rings. The second-order valence-electron chi connectivity index (χ2n) is 5.19. The minimum atomic E-state index is 0.253. The smallest absolute Gasteiger partial charge is 0.138 e. The summed E-state index contributed by atoms with van der Waals surface area (Å²) >= 11 is 0. The number of benzene rings is 1. The zero-order valence-electron chi connectivity index (χ0n) is 13.0. The third kappa shape index (κ3) is 3.06. The maximum absolute atomic E-state index is 9.42. The average Bonchev–Trinajstić information content (AvgIpc) is 2.91. The Bertz CT molecular complexity index is 845. The van der Waals surface area contributed by atoms with Crippen molar-refractivity contribution >= 4 is 0 Å². The van der Waals surface area contributed by atoms with Gasteiger partial charge in [-0.3, -0.25) is 4.98 Å². The highest BCUT2D eigenvalue weighted by atomic mass is 16.5. The topological polar surface area (TPSA) is 63.7 Å². The molecule has 0 aliphatic rings. The number of ether oxygens (including phenoxy) is 1. The molecule has 2 heterocycles. The summed E-state index contributed by atoms with van der Waals surface area (Å²) in [7, 11) is 0. The van der Waals surface area contributed by atoms with E-state index in [1.807, 2.05) is 56.3 Å². The van der Waals surface area contributed by atoms with Gasteiger partial charge < -0.3 is 4.74 Å². The molecule has 3 rings (SSSR count). The first-order valence-corrected chi connectivity index (χ1v) is 7.28. The molecule has 0 aliphatic carbocycles.